The Morgan fingerprint density at radius 2 is 2.00 bits per heavy atom. The van der Waals surface area contributed by atoms with Gasteiger partial charge in [0.2, 0.25) is 17.7 Å². The molecule has 2 heterocycles. The molecule has 3 rings (SSSR count). The second-order valence-electron chi connectivity index (χ2n) is 6.88. The first-order valence-electron chi connectivity index (χ1n) is 9.22. The molecule has 27 heavy (non-hydrogen) atoms. The molecule has 0 unspecified atom stereocenters. The zero-order chi connectivity index (χ0) is 19.4. The molecule has 1 aromatic heterocycles. The third-order valence-electron chi connectivity index (χ3n) is 4.87. The van der Waals surface area contributed by atoms with Crippen molar-refractivity contribution in [3.8, 4) is 11.6 Å². The van der Waals surface area contributed by atoms with Crippen LogP contribution in [-0.4, -0.2) is 34.3 Å². The quantitative estimate of drug-likeness (QED) is 0.851. The van der Waals surface area contributed by atoms with Crippen LogP contribution >= 0.6 is 0 Å². The topological polar surface area (TPSA) is 71.5 Å². The van der Waals surface area contributed by atoms with Crippen LogP contribution in [0.25, 0.3) is 0 Å². The number of amides is 2. The molecule has 2 amide bonds. The maximum atomic E-state index is 12.5. The normalized spacial score (nSPS) is 14.9. The van der Waals surface area contributed by atoms with E-state index in [1.54, 1.807) is 18.0 Å². The summed E-state index contributed by atoms with van der Waals surface area (Å²) in [7, 11) is 0. The zero-order valence-corrected chi connectivity index (χ0v) is 16.0. The van der Waals surface area contributed by atoms with E-state index in [0.29, 0.717) is 25.4 Å². The third kappa shape index (κ3) is 4.27. The van der Waals surface area contributed by atoms with Gasteiger partial charge in [0.25, 0.3) is 0 Å². The van der Waals surface area contributed by atoms with Crippen LogP contribution < -0.4 is 10.1 Å². The van der Waals surface area contributed by atoms with Gasteiger partial charge in [-0.1, -0.05) is 24.3 Å². The van der Waals surface area contributed by atoms with E-state index in [0.717, 1.165) is 28.9 Å². The molecule has 1 aromatic carbocycles. The summed E-state index contributed by atoms with van der Waals surface area (Å²) in [6, 6.07) is 9.18. The second-order valence-corrected chi connectivity index (χ2v) is 6.88. The Hall–Kier alpha value is -2.89. The average Bonchev–Trinajstić information content (AvgIpc) is 3.09. The lowest BCUT2D eigenvalue weighted by Gasteiger charge is -2.23. The van der Waals surface area contributed by atoms with Crippen LogP contribution in [0.4, 0.5) is 0 Å². The summed E-state index contributed by atoms with van der Waals surface area (Å²) in [5.74, 6) is 1.12. The number of hydrogen-bond acceptors (Lipinski definition) is 4. The third-order valence-corrected chi connectivity index (χ3v) is 4.87. The summed E-state index contributed by atoms with van der Waals surface area (Å²) in [5.41, 5.74) is 2.84. The van der Waals surface area contributed by atoms with Gasteiger partial charge in [-0.25, -0.2) is 4.98 Å². The van der Waals surface area contributed by atoms with Crippen molar-refractivity contribution in [2.75, 3.05) is 6.54 Å². The molecule has 0 bridgehead atoms. The molecule has 6 nitrogen and oxygen atoms in total. The second kappa shape index (κ2) is 8.20. The van der Waals surface area contributed by atoms with Gasteiger partial charge >= 0.3 is 0 Å². The van der Waals surface area contributed by atoms with Gasteiger partial charge in [0.15, 0.2) is 0 Å². The van der Waals surface area contributed by atoms with Crippen molar-refractivity contribution in [1.82, 2.24) is 15.2 Å². The number of hydrogen-bond donors (Lipinski definition) is 1. The van der Waals surface area contributed by atoms with Crippen LogP contribution in [-0.2, 0) is 16.1 Å². The highest BCUT2D eigenvalue weighted by Gasteiger charge is 2.29. The van der Waals surface area contributed by atoms with Crippen LogP contribution in [0.3, 0.4) is 0 Å². The molecule has 1 fully saturated rings. The fourth-order valence-electron chi connectivity index (χ4n) is 3.26. The molecule has 1 aliphatic rings. The number of nitrogens with zero attached hydrogens (tertiary/aromatic N) is 2. The summed E-state index contributed by atoms with van der Waals surface area (Å²) in [4.78, 5) is 30.3. The van der Waals surface area contributed by atoms with Gasteiger partial charge in [-0.2, -0.15) is 0 Å². The Morgan fingerprint density at radius 3 is 2.67 bits per heavy atom. The monoisotopic (exact) mass is 367 g/mol. The Kier molecular flexibility index (Phi) is 5.74. The molecule has 1 aliphatic heterocycles. The Labute approximate surface area is 159 Å². The van der Waals surface area contributed by atoms with Crippen molar-refractivity contribution < 1.29 is 14.3 Å². The molecular weight excluding hydrogens is 342 g/mol. The summed E-state index contributed by atoms with van der Waals surface area (Å²) in [5, 5.41) is 2.90. The van der Waals surface area contributed by atoms with Crippen molar-refractivity contribution in [1.29, 1.82) is 0 Å². The minimum Gasteiger partial charge on any atom is -0.438 e. The molecule has 1 atom stereocenters. The highest BCUT2D eigenvalue weighted by molar-refractivity contribution is 5.88. The van der Waals surface area contributed by atoms with E-state index < -0.39 is 6.04 Å². The van der Waals surface area contributed by atoms with E-state index in [1.807, 2.05) is 44.2 Å². The lowest BCUT2D eigenvalue weighted by atomic mass is 10.1. The lowest BCUT2D eigenvalue weighted by Crippen LogP contribution is -2.45. The fourth-order valence-corrected chi connectivity index (χ4v) is 3.26. The number of aryl methyl sites for hydroxylation is 2. The number of pyridine rings is 1. The smallest absolute Gasteiger partial charge is 0.242 e. The summed E-state index contributed by atoms with van der Waals surface area (Å²) in [6.07, 6.45) is 3.00. The van der Waals surface area contributed by atoms with Gasteiger partial charge in [0, 0.05) is 31.3 Å². The minimum atomic E-state index is -0.473. The molecule has 0 saturated carbocycles. The standard InChI is InChI=1S/C21H25N3O3/c1-14-7-4-8-15(2)19(14)27-21-17(9-5-11-22-21)13-23-20(26)16(3)24-12-6-10-18(24)25/h4-5,7-9,11,16H,6,10,12-13H2,1-3H3,(H,23,26)/t16-/m0/s1. The first-order valence-corrected chi connectivity index (χ1v) is 9.22. The molecule has 0 radical (unpaired) electrons. The number of rotatable bonds is 6. The van der Waals surface area contributed by atoms with Crippen molar-refractivity contribution in [3.63, 3.8) is 0 Å². The van der Waals surface area contributed by atoms with E-state index >= 15 is 0 Å². The molecule has 6 heteroatoms. The predicted octanol–water partition coefficient (Wildman–Crippen LogP) is 3.12. The number of aromatic nitrogens is 1. The van der Waals surface area contributed by atoms with Crippen molar-refractivity contribution in [2.24, 2.45) is 0 Å². The number of ether oxygens (including phenoxy) is 1. The molecule has 2 aromatic rings. The van der Waals surface area contributed by atoms with E-state index in [1.165, 1.54) is 0 Å². The van der Waals surface area contributed by atoms with Crippen LogP contribution in [0.15, 0.2) is 36.5 Å². The first-order chi connectivity index (χ1) is 13.0. The van der Waals surface area contributed by atoms with Crippen molar-refractivity contribution in [3.05, 3.63) is 53.2 Å². The average molecular weight is 367 g/mol. The number of para-hydroxylation sites is 1. The highest BCUT2D eigenvalue weighted by atomic mass is 16.5. The van der Waals surface area contributed by atoms with Crippen LogP contribution in [0.2, 0.25) is 0 Å². The zero-order valence-electron chi connectivity index (χ0n) is 16.0. The number of benzene rings is 1. The molecule has 0 spiro atoms. The van der Waals surface area contributed by atoms with Gasteiger partial charge in [-0.15, -0.1) is 0 Å². The predicted molar refractivity (Wildman–Crippen MR) is 102 cm³/mol. The SMILES string of the molecule is Cc1cccc(C)c1Oc1ncccc1CNC(=O)[C@H](C)N1CCCC1=O. The van der Waals surface area contributed by atoms with Crippen molar-refractivity contribution in [2.45, 2.75) is 46.2 Å². The summed E-state index contributed by atoms with van der Waals surface area (Å²) < 4.78 is 6.05. The van der Waals surface area contributed by atoms with E-state index in [2.05, 4.69) is 10.3 Å². The maximum absolute atomic E-state index is 12.5. The molecule has 1 saturated heterocycles. The summed E-state index contributed by atoms with van der Waals surface area (Å²) >= 11 is 0. The van der Waals surface area contributed by atoms with E-state index in [4.69, 9.17) is 4.74 Å². The number of carbonyl (C=O) groups is 2. The van der Waals surface area contributed by atoms with Crippen LogP contribution in [0.1, 0.15) is 36.5 Å². The molecule has 142 valence electrons. The Balaban J connectivity index is 1.69. The number of likely N-dealkylation sites (tertiary alicyclic amines) is 1. The van der Waals surface area contributed by atoms with E-state index in [-0.39, 0.29) is 11.8 Å². The van der Waals surface area contributed by atoms with Crippen molar-refractivity contribution >= 4 is 11.8 Å². The Morgan fingerprint density at radius 1 is 1.26 bits per heavy atom. The molecular formula is C21H25N3O3. The van der Waals surface area contributed by atoms with Gasteiger partial charge in [-0.3, -0.25) is 9.59 Å². The largest absolute Gasteiger partial charge is 0.438 e. The van der Waals surface area contributed by atoms with Gasteiger partial charge in [-0.05, 0) is 44.4 Å². The fraction of sp³-hybridized carbons (Fsp3) is 0.381. The number of carbonyl (C=O) groups excluding carboxylic acids is 2. The highest BCUT2D eigenvalue weighted by Crippen LogP contribution is 2.29. The minimum absolute atomic E-state index is 0.0399. The molecule has 1 N–H and O–H groups in total. The first kappa shape index (κ1) is 18.9. The maximum Gasteiger partial charge on any atom is 0.242 e. The number of nitrogens with one attached hydrogen (secondary N) is 1. The van der Waals surface area contributed by atoms with Gasteiger partial charge in [0.1, 0.15) is 11.8 Å². The summed E-state index contributed by atoms with van der Waals surface area (Å²) in [6.45, 7) is 6.67. The van der Waals surface area contributed by atoms with Gasteiger partial charge < -0.3 is 15.0 Å². The molecule has 0 aliphatic carbocycles. The van der Waals surface area contributed by atoms with Gasteiger partial charge in [0.05, 0.1) is 0 Å². The van der Waals surface area contributed by atoms with Crippen LogP contribution in [0.5, 0.6) is 11.6 Å². The Bertz CT molecular complexity index is 830. The lowest BCUT2D eigenvalue weighted by molar-refractivity contribution is -0.136. The van der Waals surface area contributed by atoms with E-state index in [9.17, 15) is 9.59 Å². The van der Waals surface area contributed by atoms with Crippen LogP contribution in [0, 0.1) is 13.8 Å².